The van der Waals surface area contributed by atoms with Gasteiger partial charge in [0.2, 0.25) is 0 Å². The summed E-state index contributed by atoms with van der Waals surface area (Å²) < 4.78 is 7.64. The fourth-order valence-corrected chi connectivity index (χ4v) is 6.85. The number of hydrogen-bond donors (Lipinski definition) is 0. The maximum absolute atomic E-state index is 4.83. The molecule has 0 bridgehead atoms. The van der Waals surface area contributed by atoms with Gasteiger partial charge in [0, 0.05) is 36.8 Å². The zero-order valence-corrected chi connectivity index (χ0v) is 19.4. The van der Waals surface area contributed by atoms with E-state index in [0.29, 0.717) is 24.2 Å². The second-order valence-electron chi connectivity index (χ2n) is 8.29. The van der Waals surface area contributed by atoms with E-state index in [1.807, 2.05) is 0 Å². The third-order valence-electron chi connectivity index (χ3n) is 4.75. The molecule has 1 heterocycles. The van der Waals surface area contributed by atoms with Crippen LogP contribution in [0.15, 0.2) is 36.5 Å². The Bertz CT molecular complexity index is 670. The van der Waals surface area contributed by atoms with E-state index in [1.54, 1.807) is 0 Å². The highest BCUT2D eigenvalue weighted by Gasteiger charge is 2.36. The summed E-state index contributed by atoms with van der Waals surface area (Å²) >= 11 is 0. The van der Waals surface area contributed by atoms with E-state index in [2.05, 4.69) is 113 Å². The number of imidazole rings is 1. The molecule has 0 saturated heterocycles. The minimum absolute atomic E-state index is 0.464. The summed E-state index contributed by atoms with van der Waals surface area (Å²) in [6, 6.07) is 12.3. The smallest absolute Gasteiger partial charge is 0.140 e. The van der Waals surface area contributed by atoms with Crippen LogP contribution in [-0.2, 0) is 7.05 Å². The number of nitrogens with zero attached hydrogens (tertiary/aromatic N) is 4. The molecule has 1 aromatic carbocycles. The SMILES string of the molecule is CC(C)N(C(C)C)P(c1cnc(-c2ccccc2)n1C)N(C(C)C)C(C)C. The van der Waals surface area contributed by atoms with E-state index in [0.717, 1.165) is 5.82 Å². The average molecular weight is 389 g/mol. The van der Waals surface area contributed by atoms with Gasteiger partial charge in [-0.15, -0.1) is 0 Å². The Morgan fingerprint density at radius 2 is 1.22 bits per heavy atom. The second-order valence-corrected chi connectivity index (χ2v) is 10.3. The minimum atomic E-state index is -0.664. The molecule has 0 spiro atoms. The Morgan fingerprint density at radius 1 is 0.778 bits per heavy atom. The van der Waals surface area contributed by atoms with Crippen molar-refractivity contribution in [3.63, 3.8) is 0 Å². The average Bonchev–Trinajstić information content (AvgIpc) is 2.94. The van der Waals surface area contributed by atoms with Crippen LogP contribution >= 0.6 is 8.22 Å². The van der Waals surface area contributed by atoms with Gasteiger partial charge in [-0.2, -0.15) is 0 Å². The van der Waals surface area contributed by atoms with Crippen LogP contribution in [0, 0.1) is 0 Å². The lowest BCUT2D eigenvalue weighted by Gasteiger charge is -2.47. The van der Waals surface area contributed by atoms with Gasteiger partial charge in [0.15, 0.2) is 0 Å². The van der Waals surface area contributed by atoms with Gasteiger partial charge in [-0.25, -0.2) is 4.98 Å². The molecule has 2 rings (SSSR count). The van der Waals surface area contributed by atoms with Crippen molar-refractivity contribution in [2.75, 3.05) is 0 Å². The van der Waals surface area contributed by atoms with E-state index < -0.39 is 8.22 Å². The van der Waals surface area contributed by atoms with Gasteiger partial charge in [-0.1, -0.05) is 30.3 Å². The lowest BCUT2D eigenvalue weighted by molar-refractivity contribution is 0.260. The highest BCUT2D eigenvalue weighted by atomic mass is 31.1. The van der Waals surface area contributed by atoms with Crippen LogP contribution < -0.4 is 5.44 Å². The highest BCUT2D eigenvalue weighted by Crippen LogP contribution is 2.49. The van der Waals surface area contributed by atoms with Crippen LogP contribution in [0.4, 0.5) is 0 Å². The third kappa shape index (κ3) is 4.80. The van der Waals surface area contributed by atoms with Crippen molar-refractivity contribution in [3.05, 3.63) is 36.5 Å². The van der Waals surface area contributed by atoms with Crippen LogP contribution in [0.3, 0.4) is 0 Å². The van der Waals surface area contributed by atoms with Crippen LogP contribution in [-0.4, -0.2) is 43.1 Å². The van der Waals surface area contributed by atoms with Crippen molar-refractivity contribution in [3.8, 4) is 11.4 Å². The third-order valence-corrected chi connectivity index (χ3v) is 8.30. The maximum Gasteiger partial charge on any atom is 0.140 e. The Kier molecular flexibility index (Phi) is 7.62. The Labute approximate surface area is 167 Å². The van der Waals surface area contributed by atoms with E-state index in [-0.39, 0.29) is 0 Å². The monoisotopic (exact) mass is 388 g/mol. The summed E-state index contributed by atoms with van der Waals surface area (Å²) in [6.07, 6.45) is 2.10. The molecule has 1 aromatic heterocycles. The summed E-state index contributed by atoms with van der Waals surface area (Å²) in [5, 5.41) is 0. The van der Waals surface area contributed by atoms with E-state index in [1.165, 1.54) is 11.0 Å². The van der Waals surface area contributed by atoms with E-state index >= 15 is 0 Å². The molecule has 0 unspecified atom stereocenters. The van der Waals surface area contributed by atoms with Crippen molar-refractivity contribution < 1.29 is 0 Å². The molecule has 0 atom stereocenters. The molecule has 0 aliphatic rings. The Balaban J connectivity index is 2.62. The van der Waals surface area contributed by atoms with Crippen LogP contribution in [0.1, 0.15) is 55.4 Å². The summed E-state index contributed by atoms with van der Waals surface area (Å²) in [6.45, 7) is 18.5. The molecule has 0 aliphatic heterocycles. The molecule has 4 nitrogen and oxygen atoms in total. The maximum atomic E-state index is 4.83. The van der Waals surface area contributed by atoms with E-state index in [9.17, 15) is 0 Å². The molecule has 0 N–H and O–H groups in total. The number of rotatable bonds is 8. The molecule has 5 heteroatoms. The molecular weight excluding hydrogens is 351 g/mol. The molecule has 150 valence electrons. The molecule has 0 amide bonds. The van der Waals surface area contributed by atoms with Crippen molar-refractivity contribution in [1.82, 2.24) is 18.9 Å². The first-order valence-corrected chi connectivity index (χ1v) is 11.3. The lowest BCUT2D eigenvalue weighted by Crippen LogP contribution is -2.46. The van der Waals surface area contributed by atoms with Gasteiger partial charge in [0.05, 0.1) is 19.9 Å². The van der Waals surface area contributed by atoms with Crippen molar-refractivity contribution in [2.45, 2.75) is 79.6 Å². The summed E-state index contributed by atoms with van der Waals surface area (Å²) in [5.41, 5.74) is 2.48. The summed E-state index contributed by atoms with van der Waals surface area (Å²) in [7, 11) is 1.50. The standard InChI is InChI=1S/C22H37N4P/c1-16(2)25(17(3)4)27(26(18(5)6)19(7)8)21-15-23-22(24(21)9)20-13-11-10-12-14-20/h10-19H,1-9H3. The quantitative estimate of drug-likeness (QED) is 0.576. The first kappa shape index (κ1) is 22.1. The van der Waals surface area contributed by atoms with E-state index in [4.69, 9.17) is 4.98 Å². The van der Waals surface area contributed by atoms with Gasteiger partial charge in [-0.05, 0) is 55.4 Å². The number of benzene rings is 1. The number of aromatic nitrogens is 2. The second kappa shape index (κ2) is 9.32. The van der Waals surface area contributed by atoms with Crippen LogP contribution in [0.5, 0.6) is 0 Å². The zero-order chi connectivity index (χ0) is 20.3. The fraction of sp³-hybridized carbons (Fsp3) is 0.591. The first-order chi connectivity index (χ1) is 12.7. The van der Waals surface area contributed by atoms with Gasteiger partial charge in [-0.3, -0.25) is 9.34 Å². The highest BCUT2D eigenvalue weighted by molar-refractivity contribution is 7.60. The minimum Gasteiger partial charge on any atom is -0.325 e. The predicted molar refractivity (Wildman–Crippen MR) is 119 cm³/mol. The van der Waals surface area contributed by atoms with Gasteiger partial charge in [0.1, 0.15) is 5.82 Å². The fourth-order valence-electron chi connectivity index (χ4n) is 3.87. The topological polar surface area (TPSA) is 24.3 Å². The number of hydrogen-bond acceptors (Lipinski definition) is 3. The largest absolute Gasteiger partial charge is 0.325 e. The van der Waals surface area contributed by atoms with Crippen molar-refractivity contribution >= 4 is 13.7 Å². The zero-order valence-electron chi connectivity index (χ0n) is 18.5. The molecule has 0 fully saturated rings. The Morgan fingerprint density at radius 3 is 1.63 bits per heavy atom. The van der Waals surface area contributed by atoms with Gasteiger partial charge >= 0.3 is 0 Å². The predicted octanol–water partition coefficient (Wildman–Crippen LogP) is 5.26. The molecule has 0 radical (unpaired) electrons. The molecule has 0 saturated carbocycles. The molecule has 2 aromatic rings. The summed E-state index contributed by atoms with van der Waals surface area (Å²) in [4.78, 5) is 4.83. The van der Waals surface area contributed by atoms with Crippen LogP contribution in [0.2, 0.25) is 0 Å². The first-order valence-electron chi connectivity index (χ1n) is 10.1. The molecular formula is C22H37N4P. The summed E-state index contributed by atoms with van der Waals surface area (Å²) in [5.74, 6) is 1.04. The van der Waals surface area contributed by atoms with Gasteiger partial charge < -0.3 is 4.57 Å². The molecule has 27 heavy (non-hydrogen) atoms. The van der Waals surface area contributed by atoms with Crippen molar-refractivity contribution in [1.29, 1.82) is 0 Å². The van der Waals surface area contributed by atoms with Gasteiger partial charge in [0.25, 0.3) is 0 Å². The lowest BCUT2D eigenvalue weighted by atomic mass is 10.2. The van der Waals surface area contributed by atoms with Crippen molar-refractivity contribution in [2.24, 2.45) is 7.05 Å². The Hall–Kier alpha value is -1.22. The van der Waals surface area contributed by atoms with Crippen LogP contribution in [0.25, 0.3) is 11.4 Å². The normalized spacial score (nSPS) is 12.7. The molecule has 0 aliphatic carbocycles.